The van der Waals surface area contributed by atoms with Gasteiger partial charge in [-0.2, -0.15) is 0 Å². The zero-order valence-electron chi connectivity index (χ0n) is 17.8. The van der Waals surface area contributed by atoms with Crippen LogP contribution in [0.25, 0.3) is 22.0 Å². The third kappa shape index (κ3) is 4.27. The van der Waals surface area contributed by atoms with Crippen LogP contribution in [0.4, 0.5) is 35.2 Å². The molecule has 2 aromatic heterocycles. The average molecular weight is 488 g/mol. The van der Waals surface area contributed by atoms with Gasteiger partial charge in [-0.3, -0.25) is 4.79 Å². The Hall–Kier alpha value is -4.05. The molecule has 2 heterocycles. The van der Waals surface area contributed by atoms with Crippen molar-refractivity contribution in [3.63, 3.8) is 0 Å². The predicted molar refractivity (Wildman–Crippen MR) is 126 cm³/mol. The van der Waals surface area contributed by atoms with Crippen LogP contribution in [0.5, 0.6) is 0 Å². The number of rotatable bonds is 4. The second kappa shape index (κ2) is 9.06. The number of amides is 2. The number of carbonyl (C=O) groups is 1. The molecule has 0 aliphatic rings. The molecule has 0 aliphatic heterocycles. The Bertz CT molecular complexity index is 1510. The molecule has 2 aromatic carbocycles. The van der Waals surface area contributed by atoms with Gasteiger partial charge in [-0.05, 0) is 30.3 Å². The van der Waals surface area contributed by atoms with E-state index in [1.165, 1.54) is 16.7 Å². The van der Waals surface area contributed by atoms with Crippen molar-refractivity contribution in [2.45, 2.75) is 0 Å². The molecule has 2 amide bonds. The molecule has 0 aliphatic carbocycles. The van der Waals surface area contributed by atoms with Gasteiger partial charge in [-0.25, -0.2) is 22.9 Å². The van der Waals surface area contributed by atoms with Gasteiger partial charge >= 0.3 is 6.03 Å². The average Bonchev–Trinajstić information content (AvgIpc) is 2.81. The Labute approximate surface area is 196 Å². The quantitative estimate of drug-likeness (QED) is 0.362. The van der Waals surface area contributed by atoms with Crippen molar-refractivity contribution in [1.82, 2.24) is 9.55 Å². The molecule has 4 aromatic rings. The van der Waals surface area contributed by atoms with Gasteiger partial charge < -0.3 is 20.5 Å². The molecule has 0 unspecified atom stereocenters. The summed E-state index contributed by atoms with van der Waals surface area (Å²) >= 11 is 6.23. The summed E-state index contributed by atoms with van der Waals surface area (Å²) < 4.78 is 43.1. The summed E-state index contributed by atoms with van der Waals surface area (Å²) in [5, 5.41) is 7.81. The van der Waals surface area contributed by atoms with Gasteiger partial charge in [0.2, 0.25) is 0 Å². The molecular formula is C23H17ClF3N5O2. The van der Waals surface area contributed by atoms with Crippen LogP contribution in [0.3, 0.4) is 0 Å². The molecule has 11 heteroatoms. The highest BCUT2D eigenvalue weighted by Gasteiger charge is 2.18. The van der Waals surface area contributed by atoms with Gasteiger partial charge in [0.1, 0.15) is 11.6 Å². The summed E-state index contributed by atoms with van der Waals surface area (Å²) in [6, 6.07) is 7.63. The fourth-order valence-corrected chi connectivity index (χ4v) is 3.67. The molecule has 34 heavy (non-hydrogen) atoms. The Morgan fingerprint density at radius 1 is 1.00 bits per heavy atom. The Morgan fingerprint density at radius 2 is 1.74 bits per heavy atom. The second-order valence-electron chi connectivity index (χ2n) is 7.29. The highest BCUT2D eigenvalue weighted by atomic mass is 35.5. The number of nitrogens with one attached hydrogen (secondary N) is 3. The molecule has 0 saturated heterocycles. The van der Waals surface area contributed by atoms with Gasteiger partial charge in [-0.1, -0.05) is 17.7 Å². The third-order valence-electron chi connectivity index (χ3n) is 5.16. The first-order chi connectivity index (χ1) is 16.2. The molecule has 0 radical (unpaired) electrons. The van der Waals surface area contributed by atoms with E-state index in [2.05, 4.69) is 20.9 Å². The number of benzene rings is 2. The number of aromatic nitrogens is 2. The van der Waals surface area contributed by atoms with Crippen molar-refractivity contribution in [3.05, 3.63) is 81.5 Å². The SMILES string of the molecule is CNc1cc2c(cn1)cc(-c1cc(NC(=O)Nc3cccc(F)c3F)c(F)cc1Cl)c(=O)n2C. The van der Waals surface area contributed by atoms with Gasteiger partial charge in [0, 0.05) is 42.9 Å². The highest BCUT2D eigenvalue weighted by Crippen LogP contribution is 2.32. The van der Waals surface area contributed by atoms with Crippen LogP contribution in [0.15, 0.2) is 53.5 Å². The molecule has 4 rings (SSSR count). The number of halogens is 4. The van der Waals surface area contributed by atoms with E-state index in [0.29, 0.717) is 16.7 Å². The van der Waals surface area contributed by atoms with Crippen molar-refractivity contribution < 1.29 is 18.0 Å². The van der Waals surface area contributed by atoms with E-state index in [9.17, 15) is 22.8 Å². The van der Waals surface area contributed by atoms with Crippen LogP contribution in [-0.2, 0) is 7.05 Å². The number of urea groups is 1. The molecule has 174 valence electrons. The Kier molecular flexibility index (Phi) is 6.16. The molecule has 7 nitrogen and oxygen atoms in total. The number of hydrogen-bond acceptors (Lipinski definition) is 4. The summed E-state index contributed by atoms with van der Waals surface area (Å²) in [7, 11) is 3.28. The van der Waals surface area contributed by atoms with Crippen molar-refractivity contribution in [2.24, 2.45) is 7.05 Å². The van der Waals surface area contributed by atoms with E-state index in [1.807, 2.05) is 0 Å². The van der Waals surface area contributed by atoms with Crippen molar-refractivity contribution in [3.8, 4) is 11.1 Å². The Balaban J connectivity index is 1.73. The van der Waals surface area contributed by atoms with Crippen LogP contribution in [0.1, 0.15) is 0 Å². The van der Waals surface area contributed by atoms with Gasteiger partial charge in [0.15, 0.2) is 11.6 Å². The van der Waals surface area contributed by atoms with Crippen LogP contribution < -0.4 is 21.5 Å². The van der Waals surface area contributed by atoms with Crippen molar-refractivity contribution in [2.75, 3.05) is 23.0 Å². The minimum absolute atomic E-state index is 0.0594. The lowest BCUT2D eigenvalue weighted by Crippen LogP contribution is -2.22. The highest BCUT2D eigenvalue weighted by molar-refractivity contribution is 6.33. The molecule has 3 N–H and O–H groups in total. The monoisotopic (exact) mass is 487 g/mol. The van der Waals surface area contributed by atoms with Crippen LogP contribution in [0.2, 0.25) is 5.02 Å². The summed E-state index contributed by atoms with van der Waals surface area (Å²) in [4.78, 5) is 29.6. The van der Waals surface area contributed by atoms with E-state index < -0.39 is 34.7 Å². The first-order valence-electron chi connectivity index (χ1n) is 9.88. The maximum absolute atomic E-state index is 14.5. The fraction of sp³-hybridized carbons (Fsp3) is 0.0870. The number of hydrogen-bond donors (Lipinski definition) is 3. The number of aryl methyl sites for hydroxylation is 1. The van der Waals surface area contributed by atoms with E-state index in [4.69, 9.17) is 11.6 Å². The minimum Gasteiger partial charge on any atom is -0.373 e. The van der Waals surface area contributed by atoms with Crippen molar-refractivity contribution >= 4 is 45.7 Å². The van der Waals surface area contributed by atoms with Crippen LogP contribution >= 0.6 is 11.6 Å². The molecule has 0 spiro atoms. The standard InChI is InChI=1S/C23H17ClF3N5O2/c1-28-20-9-19-11(10-29-20)6-13(22(33)32(19)2)12-7-18(16(26)8-14(12)24)31-23(34)30-17-5-3-4-15(25)21(17)27/h3-10H,1-2H3,(H,28,29)(H2,30,31,34). The maximum atomic E-state index is 14.5. The van der Waals surface area contributed by atoms with Crippen LogP contribution in [0, 0.1) is 17.5 Å². The minimum atomic E-state index is -1.26. The topological polar surface area (TPSA) is 88.1 Å². The van der Waals surface area contributed by atoms with E-state index in [0.717, 1.165) is 18.2 Å². The molecule has 0 atom stereocenters. The van der Waals surface area contributed by atoms with Gasteiger partial charge in [-0.15, -0.1) is 0 Å². The summed E-state index contributed by atoms with van der Waals surface area (Å²) in [6.07, 6.45) is 1.57. The molecular weight excluding hydrogens is 471 g/mol. The van der Waals surface area contributed by atoms with Crippen LogP contribution in [-0.4, -0.2) is 22.6 Å². The zero-order valence-corrected chi connectivity index (χ0v) is 18.6. The van der Waals surface area contributed by atoms with E-state index in [-0.39, 0.29) is 21.8 Å². The lowest BCUT2D eigenvalue weighted by molar-refractivity contribution is 0.262. The third-order valence-corrected chi connectivity index (χ3v) is 5.47. The van der Waals surface area contributed by atoms with E-state index in [1.54, 1.807) is 32.4 Å². The van der Waals surface area contributed by atoms with Crippen molar-refractivity contribution in [1.29, 1.82) is 0 Å². The first kappa shape index (κ1) is 23.1. The Morgan fingerprint density at radius 3 is 2.47 bits per heavy atom. The normalized spacial score (nSPS) is 10.9. The first-order valence-corrected chi connectivity index (χ1v) is 10.3. The second-order valence-corrected chi connectivity index (χ2v) is 7.70. The number of nitrogens with zero attached hydrogens (tertiary/aromatic N) is 2. The molecule has 0 bridgehead atoms. The summed E-state index contributed by atoms with van der Waals surface area (Å²) in [6.45, 7) is 0. The summed E-state index contributed by atoms with van der Waals surface area (Å²) in [5.41, 5.74) is -0.231. The van der Waals surface area contributed by atoms with Gasteiger partial charge in [0.05, 0.1) is 21.9 Å². The lowest BCUT2D eigenvalue weighted by atomic mass is 10.0. The lowest BCUT2D eigenvalue weighted by Gasteiger charge is -2.14. The number of fused-ring (bicyclic) bond motifs is 1. The summed E-state index contributed by atoms with van der Waals surface area (Å²) in [5.74, 6) is -2.73. The fourth-order valence-electron chi connectivity index (χ4n) is 3.42. The predicted octanol–water partition coefficient (Wildman–Crippen LogP) is 5.36. The maximum Gasteiger partial charge on any atom is 0.323 e. The number of carbonyl (C=O) groups excluding carboxylic acids is 1. The van der Waals surface area contributed by atoms with Gasteiger partial charge in [0.25, 0.3) is 5.56 Å². The zero-order chi connectivity index (χ0) is 24.6. The molecule has 0 fully saturated rings. The smallest absolute Gasteiger partial charge is 0.323 e. The number of anilines is 3. The molecule has 0 saturated carbocycles. The van der Waals surface area contributed by atoms with E-state index >= 15 is 0 Å². The largest absolute Gasteiger partial charge is 0.373 e. The number of pyridine rings is 2.